The Morgan fingerprint density at radius 2 is 2.35 bits per heavy atom. The molecule has 0 aliphatic carbocycles. The molecular formula is C11H11ClN2O2S. The summed E-state index contributed by atoms with van der Waals surface area (Å²) in [5, 5.41) is 5.49. The molecule has 1 aliphatic rings. The molecule has 0 atom stereocenters. The van der Waals surface area contributed by atoms with E-state index in [1.54, 1.807) is 6.07 Å². The van der Waals surface area contributed by atoms with Gasteiger partial charge in [0.2, 0.25) is 11.8 Å². The lowest BCUT2D eigenvalue weighted by molar-refractivity contribution is -0.116. The van der Waals surface area contributed by atoms with Crippen LogP contribution in [0.15, 0.2) is 23.1 Å². The number of carbonyl (C=O) groups is 2. The second-order valence-corrected chi connectivity index (χ2v) is 4.93. The number of amides is 2. The molecule has 0 saturated carbocycles. The van der Waals surface area contributed by atoms with E-state index in [-0.39, 0.29) is 18.2 Å². The van der Waals surface area contributed by atoms with Gasteiger partial charge in [-0.15, -0.1) is 23.4 Å². The molecule has 0 aromatic heterocycles. The fraction of sp³-hybridized carbons (Fsp3) is 0.273. The molecule has 0 unspecified atom stereocenters. The average Bonchev–Trinajstić information content (AvgIpc) is 2.28. The van der Waals surface area contributed by atoms with Gasteiger partial charge in [0.1, 0.15) is 0 Å². The Kier molecular flexibility index (Phi) is 3.91. The van der Waals surface area contributed by atoms with E-state index in [2.05, 4.69) is 10.6 Å². The zero-order valence-corrected chi connectivity index (χ0v) is 10.5. The first-order valence-corrected chi connectivity index (χ1v) is 6.63. The van der Waals surface area contributed by atoms with Gasteiger partial charge in [-0.1, -0.05) is 0 Å². The molecule has 0 fully saturated rings. The first-order valence-electron chi connectivity index (χ1n) is 5.11. The lowest BCUT2D eigenvalue weighted by Crippen LogP contribution is -2.19. The van der Waals surface area contributed by atoms with Crippen LogP contribution in [0.2, 0.25) is 0 Å². The topological polar surface area (TPSA) is 58.2 Å². The second-order valence-electron chi connectivity index (χ2n) is 3.53. The van der Waals surface area contributed by atoms with Crippen molar-refractivity contribution in [2.75, 3.05) is 22.3 Å². The minimum atomic E-state index is -0.130. The van der Waals surface area contributed by atoms with E-state index in [9.17, 15) is 9.59 Å². The van der Waals surface area contributed by atoms with E-state index < -0.39 is 0 Å². The Hall–Kier alpha value is -1.20. The molecule has 0 saturated heterocycles. The average molecular weight is 271 g/mol. The Morgan fingerprint density at radius 1 is 1.53 bits per heavy atom. The molecule has 2 amide bonds. The third kappa shape index (κ3) is 3.14. The highest BCUT2D eigenvalue weighted by Gasteiger charge is 2.15. The molecule has 6 heteroatoms. The molecular weight excluding hydrogens is 260 g/mol. The standard InChI is InChI=1S/C11H11ClN2O2S/c12-4-3-10(15)13-7-1-2-9-8(5-7)14-11(16)6-17-9/h1-2,5H,3-4,6H2,(H,13,15)(H,14,16). The molecule has 0 spiro atoms. The van der Waals surface area contributed by atoms with Crippen molar-refractivity contribution in [2.24, 2.45) is 0 Å². The lowest BCUT2D eigenvalue weighted by atomic mass is 10.2. The fourth-order valence-electron chi connectivity index (χ4n) is 1.47. The molecule has 17 heavy (non-hydrogen) atoms. The van der Waals surface area contributed by atoms with Crippen molar-refractivity contribution in [3.8, 4) is 0 Å². The summed E-state index contributed by atoms with van der Waals surface area (Å²) in [4.78, 5) is 23.6. The van der Waals surface area contributed by atoms with Crippen molar-refractivity contribution < 1.29 is 9.59 Å². The minimum Gasteiger partial charge on any atom is -0.326 e. The van der Waals surface area contributed by atoms with E-state index in [1.807, 2.05) is 12.1 Å². The Bertz CT molecular complexity index is 465. The quantitative estimate of drug-likeness (QED) is 0.829. The van der Waals surface area contributed by atoms with Crippen molar-refractivity contribution in [1.29, 1.82) is 0 Å². The number of alkyl halides is 1. The molecule has 1 aliphatic heterocycles. The predicted octanol–water partition coefficient (Wildman–Crippen LogP) is 2.30. The monoisotopic (exact) mass is 270 g/mol. The van der Waals surface area contributed by atoms with E-state index in [0.29, 0.717) is 17.3 Å². The van der Waals surface area contributed by atoms with Gasteiger partial charge in [-0.3, -0.25) is 9.59 Å². The second kappa shape index (κ2) is 5.42. The Balaban J connectivity index is 2.13. The van der Waals surface area contributed by atoms with Gasteiger partial charge < -0.3 is 10.6 Å². The van der Waals surface area contributed by atoms with E-state index in [4.69, 9.17) is 11.6 Å². The SMILES string of the molecule is O=C(CCCl)Nc1ccc2c(c1)NC(=O)CS2. The number of benzene rings is 1. The Morgan fingerprint density at radius 3 is 3.12 bits per heavy atom. The van der Waals surface area contributed by atoms with Crippen LogP contribution in [-0.4, -0.2) is 23.4 Å². The summed E-state index contributed by atoms with van der Waals surface area (Å²) in [7, 11) is 0. The van der Waals surface area contributed by atoms with Crippen LogP contribution in [0.4, 0.5) is 11.4 Å². The normalized spacial score (nSPS) is 13.8. The van der Waals surface area contributed by atoms with Crippen LogP contribution in [-0.2, 0) is 9.59 Å². The summed E-state index contributed by atoms with van der Waals surface area (Å²) in [5.41, 5.74) is 1.41. The van der Waals surface area contributed by atoms with Crippen LogP contribution < -0.4 is 10.6 Å². The molecule has 0 bridgehead atoms. The smallest absolute Gasteiger partial charge is 0.234 e. The van der Waals surface area contributed by atoms with Gasteiger partial charge in [0.05, 0.1) is 11.4 Å². The van der Waals surface area contributed by atoms with Crippen molar-refractivity contribution in [2.45, 2.75) is 11.3 Å². The maximum Gasteiger partial charge on any atom is 0.234 e. The van der Waals surface area contributed by atoms with Crippen molar-refractivity contribution in [3.05, 3.63) is 18.2 Å². The van der Waals surface area contributed by atoms with Crippen LogP contribution in [0.1, 0.15) is 6.42 Å². The molecule has 2 N–H and O–H groups in total. The van der Waals surface area contributed by atoms with Gasteiger partial charge >= 0.3 is 0 Å². The largest absolute Gasteiger partial charge is 0.326 e. The first kappa shape index (κ1) is 12.3. The van der Waals surface area contributed by atoms with Gasteiger partial charge in [0.25, 0.3) is 0 Å². The van der Waals surface area contributed by atoms with E-state index in [0.717, 1.165) is 10.6 Å². The highest BCUT2D eigenvalue weighted by atomic mass is 35.5. The van der Waals surface area contributed by atoms with Crippen LogP contribution in [0.3, 0.4) is 0 Å². The maximum absolute atomic E-state index is 11.4. The highest BCUT2D eigenvalue weighted by Crippen LogP contribution is 2.33. The van der Waals surface area contributed by atoms with Gasteiger partial charge in [0, 0.05) is 22.9 Å². The van der Waals surface area contributed by atoms with E-state index >= 15 is 0 Å². The van der Waals surface area contributed by atoms with Gasteiger partial charge in [-0.25, -0.2) is 0 Å². The van der Waals surface area contributed by atoms with Gasteiger partial charge in [-0.2, -0.15) is 0 Å². The number of anilines is 2. The maximum atomic E-state index is 11.4. The molecule has 2 rings (SSSR count). The summed E-state index contributed by atoms with van der Waals surface area (Å²) in [5.74, 6) is 0.579. The number of fused-ring (bicyclic) bond motifs is 1. The van der Waals surface area contributed by atoms with Crippen LogP contribution >= 0.6 is 23.4 Å². The summed E-state index contributed by atoms with van der Waals surface area (Å²) in [6, 6.07) is 5.46. The summed E-state index contributed by atoms with van der Waals surface area (Å²) < 4.78 is 0. The highest BCUT2D eigenvalue weighted by molar-refractivity contribution is 8.00. The lowest BCUT2D eigenvalue weighted by Gasteiger charge is -2.17. The first-order chi connectivity index (χ1) is 8.19. The fourth-order valence-corrected chi connectivity index (χ4v) is 2.43. The molecule has 0 radical (unpaired) electrons. The third-order valence-corrected chi connectivity index (χ3v) is 3.48. The van der Waals surface area contributed by atoms with Crippen molar-refractivity contribution in [3.63, 3.8) is 0 Å². The zero-order chi connectivity index (χ0) is 12.3. The third-order valence-electron chi connectivity index (χ3n) is 2.22. The van der Waals surface area contributed by atoms with Crippen LogP contribution in [0.25, 0.3) is 0 Å². The molecule has 90 valence electrons. The molecule has 1 heterocycles. The van der Waals surface area contributed by atoms with Crippen molar-refractivity contribution in [1.82, 2.24) is 0 Å². The van der Waals surface area contributed by atoms with Gasteiger partial charge in [-0.05, 0) is 18.2 Å². The summed E-state index contributed by atoms with van der Waals surface area (Å²) in [6.07, 6.45) is 0.278. The van der Waals surface area contributed by atoms with Crippen molar-refractivity contribution >= 4 is 46.6 Å². The minimum absolute atomic E-state index is 0.0215. The number of carbonyl (C=O) groups excluding carboxylic acids is 2. The molecule has 4 nitrogen and oxygen atoms in total. The molecule has 1 aromatic rings. The number of rotatable bonds is 3. The summed E-state index contributed by atoms with van der Waals surface area (Å²) >= 11 is 6.96. The van der Waals surface area contributed by atoms with Crippen LogP contribution in [0, 0.1) is 0 Å². The van der Waals surface area contributed by atoms with E-state index in [1.165, 1.54) is 11.8 Å². The number of halogens is 1. The zero-order valence-electron chi connectivity index (χ0n) is 8.96. The number of hydrogen-bond donors (Lipinski definition) is 2. The number of thioether (sulfide) groups is 1. The molecule has 1 aromatic carbocycles. The predicted molar refractivity (Wildman–Crippen MR) is 69.8 cm³/mol. The summed E-state index contributed by atoms with van der Waals surface area (Å²) in [6.45, 7) is 0. The number of hydrogen-bond acceptors (Lipinski definition) is 3. The van der Waals surface area contributed by atoms with Crippen LogP contribution in [0.5, 0.6) is 0 Å². The Labute approximate surface area is 108 Å². The number of nitrogens with one attached hydrogen (secondary N) is 2. The van der Waals surface area contributed by atoms with Gasteiger partial charge in [0.15, 0.2) is 0 Å².